The molecular weight excluding hydrogens is 279 g/mol. The molecule has 6 heteroatoms. The lowest BCUT2D eigenvalue weighted by Crippen LogP contribution is -2.27. The first kappa shape index (κ1) is 11.4. The minimum atomic E-state index is -0.0468. The summed E-state index contributed by atoms with van der Waals surface area (Å²) in [5.74, 6) is 1.65. The standard InChI is InChI=1S/C11H8Cl2N2OS/c12-8-2-1-6(3-9(8)13)15-11(16)7-4-17-5-10(7)14-15/h1-3,7H,4-5H2. The summed E-state index contributed by atoms with van der Waals surface area (Å²) in [5.41, 5.74) is 1.64. The fraction of sp³-hybridized carbons (Fsp3) is 0.273. The lowest BCUT2D eigenvalue weighted by atomic mass is 10.1. The van der Waals surface area contributed by atoms with E-state index in [1.165, 1.54) is 5.01 Å². The van der Waals surface area contributed by atoms with Crippen LogP contribution in [-0.4, -0.2) is 23.1 Å². The minimum Gasteiger partial charge on any atom is -0.272 e. The van der Waals surface area contributed by atoms with Crippen molar-refractivity contribution in [1.29, 1.82) is 0 Å². The van der Waals surface area contributed by atoms with Crippen LogP contribution in [0.25, 0.3) is 0 Å². The molecule has 1 aromatic rings. The summed E-state index contributed by atoms with van der Waals surface area (Å²) in [7, 11) is 0. The minimum absolute atomic E-state index is 0.0309. The van der Waals surface area contributed by atoms with Crippen molar-refractivity contribution in [2.75, 3.05) is 16.5 Å². The Bertz CT molecular complexity index is 532. The highest BCUT2D eigenvalue weighted by Gasteiger charge is 2.39. The lowest BCUT2D eigenvalue weighted by molar-refractivity contribution is -0.119. The topological polar surface area (TPSA) is 32.7 Å². The molecule has 0 aliphatic carbocycles. The van der Waals surface area contributed by atoms with Crippen LogP contribution in [0.4, 0.5) is 5.69 Å². The van der Waals surface area contributed by atoms with Gasteiger partial charge in [0.15, 0.2) is 0 Å². The molecule has 1 amide bonds. The summed E-state index contributed by atoms with van der Waals surface area (Å²) in [6.07, 6.45) is 0. The predicted molar refractivity (Wildman–Crippen MR) is 72.2 cm³/mol. The maximum Gasteiger partial charge on any atom is 0.257 e. The monoisotopic (exact) mass is 286 g/mol. The Hall–Kier alpha value is -0.710. The molecule has 17 heavy (non-hydrogen) atoms. The first-order valence-corrected chi connectivity index (χ1v) is 7.02. The van der Waals surface area contributed by atoms with E-state index in [-0.39, 0.29) is 11.8 Å². The van der Waals surface area contributed by atoms with Crippen LogP contribution in [0.1, 0.15) is 0 Å². The Kier molecular flexibility index (Phi) is 2.81. The van der Waals surface area contributed by atoms with Crippen LogP contribution in [0.2, 0.25) is 10.0 Å². The number of hydrogen-bond donors (Lipinski definition) is 0. The maximum atomic E-state index is 12.1. The summed E-state index contributed by atoms with van der Waals surface area (Å²) in [6.45, 7) is 0. The fourth-order valence-corrected chi connectivity index (χ4v) is 3.37. The molecular formula is C11H8Cl2N2OS. The molecule has 1 unspecified atom stereocenters. The van der Waals surface area contributed by atoms with Gasteiger partial charge in [-0.3, -0.25) is 4.79 Å². The van der Waals surface area contributed by atoms with Gasteiger partial charge in [-0.2, -0.15) is 16.9 Å². The van der Waals surface area contributed by atoms with Gasteiger partial charge in [-0.05, 0) is 18.2 Å². The van der Waals surface area contributed by atoms with E-state index in [1.54, 1.807) is 30.0 Å². The lowest BCUT2D eigenvalue weighted by Gasteiger charge is -2.14. The highest BCUT2D eigenvalue weighted by molar-refractivity contribution is 8.00. The van der Waals surface area contributed by atoms with Gasteiger partial charge in [-0.1, -0.05) is 23.2 Å². The number of nitrogens with zero attached hydrogens (tertiary/aromatic N) is 2. The Morgan fingerprint density at radius 2 is 2.18 bits per heavy atom. The number of carbonyl (C=O) groups excluding carboxylic acids is 1. The van der Waals surface area contributed by atoms with Crippen LogP contribution in [0.15, 0.2) is 23.3 Å². The summed E-state index contributed by atoms with van der Waals surface area (Å²) in [6, 6.07) is 5.10. The Balaban J connectivity index is 1.97. The molecule has 0 radical (unpaired) electrons. The van der Waals surface area contributed by atoms with E-state index in [0.717, 1.165) is 17.2 Å². The number of carbonyl (C=O) groups is 1. The molecule has 2 aliphatic heterocycles. The number of hydrazone groups is 1. The Morgan fingerprint density at radius 3 is 2.88 bits per heavy atom. The number of fused-ring (bicyclic) bond motifs is 1. The Morgan fingerprint density at radius 1 is 1.35 bits per heavy atom. The third-order valence-electron chi connectivity index (χ3n) is 2.82. The molecule has 1 saturated heterocycles. The van der Waals surface area contributed by atoms with Crippen molar-refractivity contribution < 1.29 is 4.79 Å². The van der Waals surface area contributed by atoms with Crippen molar-refractivity contribution in [3.05, 3.63) is 28.2 Å². The van der Waals surface area contributed by atoms with Crippen molar-refractivity contribution in [2.24, 2.45) is 11.0 Å². The van der Waals surface area contributed by atoms with E-state index in [1.807, 2.05) is 0 Å². The third kappa shape index (κ3) is 1.84. The van der Waals surface area contributed by atoms with Crippen molar-refractivity contribution in [3.8, 4) is 0 Å². The summed E-state index contributed by atoms with van der Waals surface area (Å²) >= 11 is 13.5. The molecule has 2 heterocycles. The molecule has 0 bridgehead atoms. The normalized spacial score (nSPS) is 22.9. The van der Waals surface area contributed by atoms with E-state index < -0.39 is 0 Å². The quantitative estimate of drug-likeness (QED) is 0.795. The number of amides is 1. The molecule has 3 rings (SSSR count). The van der Waals surface area contributed by atoms with E-state index >= 15 is 0 Å². The largest absolute Gasteiger partial charge is 0.272 e. The fourth-order valence-electron chi connectivity index (χ4n) is 1.92. The average molecular weight is 287 g/mol. The summed E-state index contributed by atoms with van der Waals surface area (Å²) in [4.78, 5) is 12.1. The number of anilines is 1. The van der Waals surface area contributed by atoms with E-state index in [2.05, 4.69) is 5.10 Å². The first-order valence-electron chi connectivity index (χ1n) is 5.11. The molecule has 0 spiro atoms. The van der Waals surface area contributed by atoms with Crippen LogP contribution >= 0.6 is 35.0 Å². The van der Waals surface area contributed by atoms with E-state index in [4.69, 9.17) is 23.2 Å². The predicted octanol–water partition coefficient (Wildman–Crippen LogP) is 3.06. The van der Waals surface area contributed by atoms with Crippen LogP contribution < -0.4 is 5.01 Å². The second-order valence-corrected chi connectivity index (χ2v) is 5.75. The number of rotatable bonds is 1. The third-order valence-corrected chi connectivity index (χ3v) is 4.63. The molecule has 1 atom stereocenters. The van der Waals surface area contributed by atoms with E-state index in [0.29, 0.717) is 15.7 Å². The van der Waals surface area contributed by atoms with Crippen molar-refractivity contribution in [1.82, 2.24) is 0 Å². The van der Waals surface area contributed by atoms with Gasteiger partial charge in [0.25, 0.3) is 5.91 Å². The van der Waals surface area contributed by atoms with E-state index in [9.17, 15) is 4.79 Å². The zero-order chi connectivity index (χ0) is 12.0. The maximum absolute atomic E-state index is 12.1. The van der Waals surface area contributed by atoms with Gasteiger partial charge in [0.1, 0.15) is 0 Å². The highest BCUT2D eigenvalue weighted by Crippen LogP contribution is 2.34. The number of hydrogen-bond acceptors (Lipinski definition) is 3. The SMILES string of the molecule is O=C1C2CSCC2=NN1c1ccc(Cl)c(Cl)c1. The van der Waals surface area contributed by atoms with Crippen LogP contribution in [0, 0.1) is 5.92 Å². The molecule has 0 saturated carbocycles. The molecule has 1 fully saturated rings. The number of halogens is 2. The summed E-state index contributed by atoms with van der Waals surface area (Å²) < 4.78 is 0. The van der Waals surface area contributed by atoms with Crippen molar-refractivity contribution >= 4 is 52.3 Å². The first-order chi connectivity index (χ1) is 8.16. The van der Waals surface area contributed by atoms with Crippen LogP contribution in [0.5, 0.6) is 0 Å². The molecule has 0 aromatic heterocycles. The molecule has 1 aromatic carbocycles. The van der Waals surface area contributed by atoms with Gasteiger partial charge in [0.2, 0.25) is 0 Å². The van der Waals surface area contributed by atoms with Crippen LogP contribution in [-0.2, 0) is 4.79 Å². The zero-order valence-corrected chi connectivity index (χ0v) is 11.0. The molecule has 3 nitrogen and oxygen atoms in total. The van der Waals surface area contributed by atoms with Gasteiger partial charge in [0, 0.05) is 11.5 Å². The van der Waals surface area contributed by atoms with Gasteiger partial charge in [-0.15, -0.1) is 0 Å². The second-order valence-electron chi connectivity index (χ2n) is 3.91. The average Bonchev–Trinajstić information content (AvgIpc) is 2.86. The van der Waals surface area contributed by atoms with Gasteiger partial charge in [0.05, 0.1) is 27.4 Å². The molecule has 88 valence electrons. The van der Waals surface area contributed by atoms with Crippen LogP contribution in [0.3, 0.4) is 0 Å². The summed E-state index contributed by atoms with van der Waals surface area (Å²) in [5, 5.41) is 6.69. The van der Waals surface area contributed by atoms with Crippen molar-refractivity contribution in [2.45, 2.75) is 0 Å². The highest BCUT2D eigenvalue weighted by atomic mass is 35.5. The zero-order valence-electron chi connectivity index (χ0n) is 8.69. The number of benzene rings is 1. The van der Waals surface area contributed by atoms with Gasteiger partial charge < -0.3 is 0 Å². The molecule has 2 aliphatic rings. The van der Waals surface area contributed by atoms with Gasteiger partial charge >= 0.3 is 0 Å². The molecule has 0 N–H and O–H groups in total. The smallest absolute Gasteiger partial charge is 0.257 e. The van der Waals surface area contributed by atoms with Gasteiger partial charge in [-0.25, -0.2) is 5.01 Å². The van der Waals surface area contributed by atoms with Crippen molar-refractivity contribution in [3.63, 3.8) is 0 Å². The Labute approximate surface area is 113 Å². The number of thioether (sulfide) groups is 1. The second kappa shape index (κ2) is 4.19.